The van der Waals surface area contributed by atoms with E-state index in [1.807, 2.05) is 85.5 Å². The first-order valence-corrected chi connectivity index (χ1v) is 10.6. The van der Waals surface area contributed by atoms with Crippen molar-refractivity contribution in [3.05, 3.63) is 89.5 Å². The fourth-order valence-electron chi connectivity index (χ4n) is 4.03. The first kappa shape index (κ1) is 20.7. The van der Waals surface area contributed by atoms with E-state index in [2.05, 4.69) is 16.7 Å². The molecule has 1 saturated heterocycles. The van der Waals surface area contributed by atoms with E-state index in [4.69, 9.17) is 0 Å². The predicted molar refractivity (Wildman–Crippen MR) is 125 cm³/mol. The lowest BCUT2D eigenvalue weighted by Crippen LogP contribution is -2.27. The fraction of sp³-hybridized carbons (Fsp3) is 0.231. The molecule has 0 aliphatic carbocycles. The lowest BCUT2D eigenvalue weighted by molar-refractivity contribution is -0.117. The zero-order valence-electron chi connectivity index (χ0n) is 17.9. The molecule has 31 heavy (non-hydrogen) atoms. The number of amides is 2. The highest BCUT2D eigenvalue weighted by molar-refractivity contribution is 5.98. The van der Waals surface area contributed by atoms with Gasteiger partial charge in [-0.05, 0) is 73.4 Å². The van der Waals surface area contributed by atoms with E-state index in [0.717, 1.165) is 46.7 Å². The summed E-state index contributed by atoms with van der Waals surface area (Å²) in [5.41, 5.74) is 5.58. The predicted octanol–water partition coefficient (Wildman–Crippen LogP) is 5.22. The molecule has 1 heterocycles. The second kappa shape index (κ2) is 9.04. The number of carbonyl (C=O) groups excluding carboxylic acids is 2. The third-order valence-electron chi connectivity index (χ3n) is 5.45. The minimum atomic E-state index is -0.554. The monoisotopic (exact) mass is 413 g/mol. The fourth-order valence-corrected chi connectivity index (χ4v) is 4.03. The molecule has 2 amide bonds. The molecule has 3 aromatic carbocycles. The van der Waals surface area contributed by atoms with Crippen LogP contribution in [-0.2, 0) is 9.59 Å². The van der Waals surface area contributed by atoms with Gasteiger partial charge in [-0.1, -0.05) is 36.4 Å². The van der Waals surface area contributed by atoms with Crippen molar-refractivity contribution in [3.63, 3.8) is 0 Å². The number of carbonyl (C=O) groups is 2. The van der Waals surface area contributed by atoms with Crippen LogP contribution in [0.2, 0.25) is 0 Å². The second-order valence-electron chi connectivity index (χ2n) is 8.05. The summed E-state index contributed by atoms with van der Waals surface area (Å²) in [6.07, 6.45) is 1.50. The van der Waals surface area contributed by atoms with Gasteiger partial charge in [-0.15, -0.1) is 0 Å². The van der Waals surface area contributed by atoms with E-state index in [-0.39, 0.29) is 11.8 Å². The van der Waals surface area contributed by atoms with Gasteiger partial charge in [-0.25, -0.2) is 0 Å². The molecule has 1 atom stereocenters. The maximum atomic E-state index is 13.2. The normalized spacial score (nSPS) is 14.4. The zero-order valence-corrected chi connectivity index (χ0v) is 17.9. The van der Waals surface area contributed by atoms with Crippen LogP contribution in [0, 0.1) is 13.8 Å². The molecule has 0 spiro atoms. The van der Waals surface area contributed by atoms with Crippen molar-refractivity contribution >= 4 is 28.9 Å². The smallest absolute Gasteiger partial charge is 0.251 e. The molecule has 0 aromatic heterocycles. The number of anilines is 3. The third kappa shape index (κ3) is 4.94. The Morgan fingerprint density at radius 1 is 0.903 bits per heavy atom. The molecule has 2 N–H and O–H groups in total. The van der Waals surface area contributed by atoms with E-state index < -0.39 is 6.04 Å². The number of benzene rings is 3. The Morgan fingerprint density at radius 2 is 1.58 bits per heavy atom. The van der Waals surface area contributed by atoms with Gasteiger partial charge in [0.1, 0.15) is 6.04 Å². The zero-order chi connectivity index (χ0) is 21.8. The van der Waals surface area contributed by atoms with E-state index >= 15 is 0 Å². The van der Waals surface area contributed by atoms with Gasteiger partial charge in [-0.2, -0.15) is 0 Å². The second-order valence-corrected chi connectivity index (χ2v) is 8.05. The number of nitrogens with one attached hydrogen (secondary N) is 2. The molecule has 1 aliphatic rings. The molecule has 4 rings (SSSR count). The van der Waals surface area contributed by atoms with Crippen LogP contribution in [0.25, 0.3) is 0 Å². The molecular weight excluding hydrogens is 386 g/mol. The lowest BCUT2D eigenvalue weighted by atomic mass is 10.0. The summed E-state index contributed by atoms with van der Waals surface area (Å²) < 4.78 is 0. The molecule has 5 nitrogen and oxygen atoms in total. The van der Waals surface area contributed by atoms with Crippen LogP contribution < -0.4 is 15.5 Å². The van der Waals surface area contributed by atoms with Crippen molar-refractivity contribution in [2.75, 3.05) is 22.1 Å². The number of hydrogen-bond donors (Lipinski definition) is 2. The van der Waals surface area contributed by atoms with E-state index in [0.29, 0.717) is 6.42 Å². The summed E-state index contributed by atoms with van der Waals surface area (Å²) in [6.45, 7) is 4.79. The van der Waals surface area contributed by atoms with Crippen molar-refractivity contribution < 1.29 is 9.59 Å². The number of hydrogen-bond acceptors (Lipinski definition) is 3. The lowest BCUT2D eigenvalue weighted by Gasteiger charge is -2.21. The molecule has 158 valence electrons. The molecule has 0 radical (unpaired) electrons. The highest BCUT2D eigenvalue weighted by Crippen LogP contribution is 2.26. The van der Waals surface area contributed by atoms with Gasteiger partial charge in [0.25, 0.3) is 5.91 Å². The van der Waals surface area contributed by atoms with Crippen LogP contribution in [0.1, 0.15) is 35.6 Å². The Balaban J connectivity index is 1.55. The minimum absolute atomic E-state index is 0.130. The SMILES string of the molecule is Cc1cc(C)cc(NC(=O)[C@@H](Nc2ccc(N3CCCC3=O)cc2)c2ccccc2)c1. The Bertz CT molecular complexity index is 1060. The summed E-state index contributed by atoms with van der Waals surface area (Å²) in [5, 5.41) is 6.41. The van der Waals surface area contributed by atoms with Crippen molar-refractivity contribution in [1.82, 2.24) is 0 Å². The van der Waals surface area contributed by atoms with Gasteiger partial charge in [0.15, 0.2) is 0 Å². The molecule has 3 aromatic rings. The van der Waals surface area contributed by atoms with E-state index in [9.17, 15) is 9.59 Å². The quantitative estimate of drug-likeness (QED) is 0.582. The van der Waals surface area contributed by atoms with Gasteiger partial charge < -0.3 is 15.5 Å². The summed E-state index contributed by atoms with van der Waals surface area (Å²) in [7, 11) is 0. The van der Waals surface area contributed by atoms with Gasteiger partial charge in [0, 0.05) is 30.0 Å². The van der Waals surface area contributed by atoms with Gasteiger partial charge >= 0.3 is 0 Å². The summed E-state index contributed by atoms with van der Waals surface area (Å²) in [4.78, 5) is 27.0. The molecular formula is C26H27N3O2. The van der Waals surface area contributed by atoms with Crippen LogP contribution in [-0.4, -0.2) is 18.4 Å². The van der Waals surface area contributed by atoms with Gasteiger partial charge in [-0.3, -0.25) is 9.59 Å². The van der Waals surface area contributed by atoms with E-state index in [1.54, 1.807) is 0 Å². The van der Waals surface area contributed by atoms with Crippen molar-refractivity contribution in [1.29, 1.82) is 0 Å². The number of aryl methyl sites for hydroxylation is 2. The molecule has 0 bridgehead atoms. The maximum absolute atomic E-state index is 13.2. The summed E-state index contributed by atoms with van der Waals surface area (Å²) in [5.74, 6) is 0.0331. The van der Waals surface area contributed by atoms with Crippen LogP contribution in [0.3, 0.4) is 0 Å². The first-order chi connectivity index (χ1) is 15.0. The molecule has 1 aliphatic heterocycles. The maximum Gasteiger partial charge on any atom is 0.251 e. The van der Waals surface area contributed by atoms with Crippen LogP contribution in [0.4, 0.5) is 17.1 Å². The largest absolute Gasteiger partial charge is 0.370 e. The topological polar surface area (TPSA) is 61.4 Å². The Morgan fingerprint density at radius 3 is 2.19 bits per heavy atom. The highest BCUT2D eigenvalue weighted by Gasteiger charge is 2.23. The van der Waals surface area contributed by atoms with Crippen molar-refractivity contribution in [2.24, 2.45) is 0 Å². The Hall–Kier alpha value is -3.60. The van der Waals surface area contributed by atoms with Gasteiger partial charge in [0.2, 0.25) is 5.91 Å². The first-order valence-electron chi connectivity index (χ1n) is 10.6. The van der Waals surface area contributed by atoms with Crippen LogP contribution in [0.5, 0.6) is 0 Å². The summed E-state index contributed by atoms with van der Waals surface area (Å²) in [6, 6.07) is 22.8. The standard InChI is InChI=1S/C26H27N3O2/c1-18-15-19(2)17-22(16-18)28-26(31)25(20-7-4-3-5-8-20)27-21-10-12-23(13-11-21)29-14-6-9-24(29)30/h3-5,7-8,10-13,15-17,25,27H,6,9,14H2,1-2H3,(H,28,31)/t25-/m0/s1. The Kier molecular flexibility index (Phi) is 6.03. The third-order valence-corrected chi connectivity index (χ3v) is 5.45. The van der Waals surface area contributed by atoms with Crippen molar-refractivity contribution in [3.8, 4) is 0 Å². The Labute approximate surface area is 183 Å². The highest BCUT2D eigenvalue weighted by atomic mass is 16.2. The average Bonchev–Trinajstić information content (AvgIpc) is 3.18. The van der Waals surface area contributed by atoms with Gasteiger partial charge in [0.05, 0.1) is 0 Å². The number of nitrogens with zero attached hydrogens (tertiary/aromatic N) is 1. The molecule has 5 heteroatoms. The number of rotatable bonds is 6. The molecule has 0 saturated carbocycles. The average molecular weight is 414 g/mol. The minimum Gasteiger partial charge on any atom is -0.370 e. The summed E-state index contributed by atoms with van der Waals surface area (Å²) >= 11 is 0. The van der Waals surface area contributed by atoms with Crippen LogP contribution in [0.15, 0.2) is 72.8 Å². The van der Waals surface area contributed by atoms with E-state index in [1.165, 1.54) is 0 Å². The molecule has 0 unspecified atom stereocenters. The molecule has 1 fully saturated rings. The van der Waals surface area contributed by atoms with Crippen LogP contribution >= 0.6 is 0 Å². The van der Waals surface area contributed by atoms with Crippen molar-refractivity contribution in [2.45, 2.75) is 32.7 Å².